The summed E-state index contributed by atoms with van der Waals surface area (Å²) in [7, 11) is 0. The summed E-state index contributed by atoms with van der Waals surface area (Å²) >= 11 is 12.2. The number of amides is 2. The van der Waals surface area contributed by atoms with Crippen LogP contribution >= 0.6 is 23.2 Å². The number of carbonyl (C=O) groups is 2. The molecule has 2 amide bonds. The van der Waals surface area contributed by atoms with E-state index in [-0.39, 0.29) is 11.8 Å². The first-order valence-electron chi connectivity index (χ1n) is 5.51. The van der Waals surface area contributed by atoms with E-state index in [1.807, 2.05) is 0 Å². The molecule has 1 heterocycles. The highest BCUT2D eigenvalue weighted by atomic mass is 35.5. The summed E-state index contributed by atoms with van der Waals surface area (Å²) in [6.07, 6.45) is 0. The van der Waals surface area contributed by atoms with Gasteiger partial charge in [0.25, 0.3) is 0 Å². The third-order valence-corrected chi connectivity index (χ3v) is 3.52. The highest BCUT2D eigenvalue weighted by Gasteiger charge is 2.38. The van der Waals surface area contributed by atoms with E-state index in [1.54, 1.807) is 32.0 Å². The molecule has 0 aliphatic carbocycles. The third kappa shape index (κ3) is 2.06. The van der Waals surface area contributed by atoms with Crippen LogP contribution in [0.25, 0.3) is 0 Å². The van der Waals surface area contributed by atoms with E-state index in [0.717, 1.165) is 0 Å². The predicted molar refractivity (Wildman–Crippen MR) is 71.0 cm³/mol. The van der Waals surface area contributed by atoms with E-state index in [9.17, 15) is 9.59 Å². The van der Waals surface area contributed by atoms with Crippen LogP contribution in [0.3, 0.4) is 0 Å². The number of anilines is 1. The number of para-hydroxylation sites is 1. The molecule has 0 aromatic heterocycles. The summed E-state index contributed by atoms with van der Waals surface area (Å²) in [5.74, 6) is -0.449. The molecular weight excluding hydrogens is 275 g/mol. The fourth-order valence-electron chi connectivity index (χ4n) is 1.94. The van der Waals surface area contributed by atoms with E-state index >= 15 is 0 Å². The lowest BCUT2D eigenvalue weighted by molar-refractivity contribution is -0.133. The summed E-state index contributed by atoms with van der Waals surface area (Å²) in [6.45, 7) is 3.27. The number of rotatable bonds is 1. The second-order valence-corrected chi connectivity index (χ2v) is 5.00. The molecule has 1 aromatic rings. The van der Waals surface area contributed by atoms with Gasteiger partial charge in [-0.25, -0.2) is 0 Å². The van der Waals surface area contributed by atoms with Crippen molar-refractivity contribution in [2.75, 3.05) is 4.90 Å². The topological polar surface area (TPSA) is 49.4 Å². The maximum atomic E-state index is 12.2. The molecule has 1 aliphatic rings. The van der Waals surface area contributed by atoms with Crippen LogP contribution in [-0.2, 0) is 9.59 Å². The standard InChI is InChI=1S/C12H12Cl2N2O2/c1-6-12(18)16(7(2)11(17)15-6)10-8(13)4-3-5-9(10)14/h3-7H,1-2H3,(H,15,17). The van der Waals surface area contributed by atoms with Gasteiger partial charge in [0.1, 0.15) is 12.1 Å². The monoisotopic (exact) mass is 286 g/mol. The van der Waals surface area contributed by atoms with Crippen molar-refractivity contribution in [1.82, 2.24) is 5.32 Å². The lowest BCUT2D eigenvalue weighted by Gasteiger charge is -2.36. The second kappa shape index (κ2) is 4.78. The van der Waals surface area contributed by atoms with Gasteiger partial charge in [0.2, 0.25) is 11.8 Å². The first kappa shape index (κ1) is 13.2. The maximum Gasteiger partial charge on any atom is 0.250 e. The molecule has 0 bridgehead atoms. The predicted octanol–water partition coefficient (Wildman–Crippen LogP) is 2.23. The zero-order valence-electron chi connectivity index (χ0n) is 9.91. The minimum Gasteiger partial charge on any atom is -0.343 e. The minimum absolute atomic E-state index is 0.224. The lowest BCUT2D eigenvalue weighted by atomic mass is 10.1. The van der Waals surface area contributed by atoms with Gasteiger partial charge in [-0.3, -0.25) is 14.5 Å². The highest BCUT2D eigenvalue weighted by Crippen LogP contribution is 2.35. The molecule has 4 nitrogen and oxygen atoms in total. The fourth-order valence-corrected chi connectivity index (χ4v) is 2.52. The van der Waals surface area contributed by atoms with Crippen LogP contribution in [0.15, 0.2) is 18.2 Å². The van der Waals surface area contributed by atoms with E-state index in [4.69, 9.17) is 23.2 Å². The molecule has 96 valence electrons. The molecule has 1 fully saturated rings. The largest absolute Gasteiger partial charge is 0.343 e. The van der Waals surface area contributed by atoms with Gasteiger partial charge in [-0.2, -0.15) is 0 Å². The first-order chi connectivity index (χ1) is 8.43. The zero-order chi connectivity index (χ0) is 13.4. The Balaban J connectivity index is 2.53. The number of nitrogens with zero attached hydrogens (tertiary/aromatic N) is 1. The molecule has 1 N–H and O–H groups in total. The molecule has 2 atom stereocenters. The number of piperazine rings is 1. The summed E-state index contributed by atoms with van der Waals surface area (Å²) in [5.41, 5.74) is 0.389. The number of nitrogens with one attached hydrogen (secondary N) is 1. The van der Waals surface area contributed by atoms with Crippen LogP contribution in [-0.4, -0.2) is 23.9 Å². The molecular formula is C12H12Cl2N2O2. The lowest BCUT2D eigenvalue weighted by Crippen LogP contribution is -2.61. The van der Waals surface area contributed by atoms with Crippen LogP contribution in [0, 0.1) is 0 Å². The van der Waals surface area contributed by atoms with Gasteiger partial charge in [0.05, 0.1) is 15.7 Å². The Bertz CT molecular complexity index is 499. The summed E-state index contributed by atoms with van der Waals surface area (Å²) in [4.78, 5) is 25.3. The SMILES string of the molecule is CC1NC(=O)C(C)N(c2c(Cl)cccc2Cl)C1=O. The van der Waals surface area contributed by atoms with Crippen molar-refractivity contribution in [3.05, 3.63) is 28.2 Å². The smallest absolute Gasteiger partial charge is 0.250 e. The highest BCUT2D eigenvalue weighted by molar-refractivity contribution is 6.40. The van der Waals surface area contributed by atoms with Gasteiger partial charge in [-0.1, -0.05) is 29.3 Å². The Morgan fingerprint density at radius 3 is 2.28 bits per heavy atom. The van der Waals surface area contributed by atoms with Crippen LogP contribution in [0.5, 0.6) is 0 Å². The minimum atomic E-state index is -0.633. The molecule has 1 saturated heterocycles. The average Bonchev–Trinajstić information content (AvgIpc) is 2.30. The van der Waals surface area contributed by atoms with Crippen LogP contribution in [0.2, 0.25) is 10.0 Å². The van der Waals surface area contributed by atoms with Gasteiger partial charge in [0, 0.05) is 0 Å². The molecule has 0 saturated carbocycles. The number of carbonyl (C=O) groups excluding carboxylic acids is 2. The van der Waals surface area contributed by atoms with Gasteiger partial charge in [-0.15, -0.1) is 0 Å². The van der Waals surface area contributed by atoms with E-state index in [2.05, 4.69) is 5.32 Å². The quantitative estimate of drug-likeness (QED) is 0.861. The van der Waals surface area contributed by atoms with E-state index in [1.165, 1.54) is 4.90 Å². The van der Waals surface area contributed by atoms with Crippen molar-refractivity contribution < 1.29 is 9.59 Å². The van der Waals surface area contributed by atoms with Crippen LogP contribution < -0.4 is 10.2 Å². The van der Waals surface area contributed by atoms with E-state index < -0.39 is 12.1 Å². The van der Waals surface area contributed by atoms with Crippen molar-refractivity contribution in [2.45, 2.75) is 25.9 Å². The molecule has 1 aliphatic heterocycles. The van der Waals surface area contributed by atoms with Crippen molar-refractivity contribution in [3.63, 3.8) is 0 Å². The number of hydrogen-bond donors (Lipinski definition) is 1. The fraction of sp³-hybridized carbons (Fsp3) is 0.333. The summed E-state index contributed by atoms with van der Waals surface area (Å²) in [5, 5.41) is 3.30. The molecule has 0 radical (unpaired) electrons. The van der Waals surface area contributed by atoms with Gasteiger partial charge < -0.3 is 5.32 Å². The van der Waals surface area contributed by atoms with Crippen molar-refractivity contribution in [1.29, 1.82) is 0 Å². The maximum absolute atomic E-state index is 12.2. The Kier molecular flexibility index (Phi) is 3.50. The molecule has 2 rings (SSSR count). The number of hydrogen-bond acceptors (Lipinski definition) is 2. The third-order valence-electron chi connectivity index (χ3n) is 2.91. The van der Waals surface area contributed by atoms with Gasteiger partial charge in [-0.05, 0) is 26.0 Å². The molecule has 18 heavy (non-hydrogen) atoms. The molecule has 6 heteroatoms. The Morgan fingerprint density at radius 1 is 1.17 bits per heavy atom. The molecule has 1 aromatic carbocycles. The first-order valence-corrected chi connectivity index (χ1v) is 6.26. The average molecular weight is 287 g/mol. The molecule has 0 spiro atoms. The Morgan fingerprint density at radius 2 is 1.72 bits per heavy atom. The normalized spacial score (nSPS) is 24.1. The van der Waals surface area contributed by atoms with Crippen LogP contribution in [0.1, 0.15) is 13.8 Å². The Hall–Kier alpha value is -1.26. The summed E-state index contributed by atoms with van der Waals surface area (Å²) < 4.78 is 0. The van der Waals surface area contributed by atoms with Crippen molar-refractivity contribution >= 4 is 40.7 Å². The molecule has 2 unspecified atom stereocenters. The van der Waals surface area contributed by atoms with Gasteiger partial charge in [0.15, 0.2) is 0 Å². The second-order valence-electron chi connectivity index (χ2n) is 4.18. The van der Waals surface area contributed by atoms with Gasteiger partial charge >= 0.3 is 0 Å². The Labute approximate surface area is 115 Å². The van der Waals surface area contributed by atoms with E-state index in [0.29, 0.717) is 15.7 Å². The number of halogens is 2. The summed E-state index contributed by atoms with van der Waals surface area (Å²) in [6, 6.07) is 3.75. The zero-order valence-corrected chi connectivity index (χ0v) is 11.4. The van der Waals surface area contributed by atoms with Crippen molar-refractivity contribution in [3.8, 4) is 0 Å². The van der Waals surface area contributed by atoms with Crippen molar-refractivity contribution in [2.24, 2.45) is 0 Å². The number of benzene rings is 1. The van der Waals surface area contributed by atoms with Crippen LogP contribution in [0.4, 0.5) is 5.69 Å².